The van der Waals surface area contributed by atoms with Gasteiger partial charge in [-0.3, -0.25) is 4.79 Å². The highest BCUT2D eigenvalue weighted by atomic mass is 35.5. The first kappa shape index (κ1) is 33.6. The average Bonchev–Trinajstić information content (AvgIpc) is 3.36. The molecule has 3 aromatic rings. The lowest BCUT2D eigenvalue weighted by Gasteiger charge is -2.29. The second-order valence-corrected chi connectivity index (χ2v) is 12.6. The summed E-state index contributed by atoms with van der Waals surface area (Å²) in [5.41, 5.74) is 0.656. The van der Waals surface area contributed by atoms with Crippen LogP contribution in [0.25, 0.3) is 0 Å². The average molecular weight is 628 g/mol. The first-order valence-corrected chi connectivity index (χ1v) is 15.5. The summed E-state index contributed by atoms with van der Waals surface area (Å²) in [4.78, 5) is 14.8. The van der Waals surface area contributed by atoms with Gasteiger partial charge in [0.05, 0.1) is 23.5 Å². The van der Waals surface area contributed by atoms with Crippen LogP contribution >= 0.6 is 11.6 Å². The molecule has 1 aromatic heterocycles. The summed E-state index contributed by atoms with van der Waals surface area (Å²) >= 11 is 6.35. The van der Waals surface area contributed by atoms with Crippen LogP contribution in [0.1, 0.15) is 44.0 Å². The third-order valence-electron chi connectivity index (χ3n) is 6.52. The number of halogens is 4. The smallest absolute Gasteiger partial charge is 0.382 e. The van der Waals surface area contributed by atoms with Gasteiger partial charge in [0.15, 0.2) is 0 Å². The summed E-state index contributed by atoms with van der Waals surface area (Å²) in [5.74, 6) is -0.381. The zero-order valence-electron chi connectivity index (χ0n) is 24.0. The van der Waals surface area contributed by atoms with E-state index in [1.54, 1.807) is 17.9 Å². The van der Waals surface area contributed by atoms with Crippen molar-refractivity contribution in [1.29, 1.82) is 0 Å². The Morgan fingerprint density at radius 2 is 1.81 bits per heavy atom. The molecule has 2 aromatic carbocycles. The van der Waals surface area contributed by atoms with E-state index in [1.807, 2.05) is 54.9 Å². The van der Waals surface area contributed by atoms with Crippen LogP contribution in [0, 0.1) is 5.92 Å². The number of alkyl halides is 3. The Balaban J connectivity index is 1.88. The number of ether oxygens (including phenoxy) is 1. The normalized spacial score (nSPS) is 12.3. The van der Waals surface area contributed by atoms with Crippen LogP contribution in [0.5, 0.6) is 0 Å². The van der Waals surface area contributed by atoms with Gasteiger partial charge in [0.1, 0.15) is 0 Å². The van der Waals surface area contributed by atoms with Gasteiger partial charge in [-0.05, 0) is 61.2 Å². The highest BCUT2D eigenvalue weighted by molar-refractivity contribution is 7.89. The van der Waals surface area contributed by atoms with Gasteiger partial charge in [0.25, 0.3) is 0 Å². The number of sulfonamides is 1. The first-order valence-electron chi connectivity index (χ1n) is 13.7. The molecule has 230 valence electrons. The number of nitrogens with zero attached hydrogens (tertiary/aromatic N) is 3. The molecule has 0 saturated carbocycles. The van der Waals surface area contributed by atoms with Crippen molar-refractivity contribution < 1.29 is 31.1 Å². The molecule has 7 nitrogen and oxygen atoms in total. The molecule has 0 saturated heterocycles. The highest BCUT2D eigenvalue weighted by Gasteiger charge is 2.34. The van der Waals surface area contributed by atoms with Crippen molar-refractivity contribution in [1.82, 2.24) is 13.8 Å². The van der Waals surface area contributed by atoms with Crippen LogP contribution in [0.3, 0.4) is 0 Å². The summed E-state index contributed by atoms with van der Waals surface area (Å²) in [7, 11) is -4.43. The molecule has 0 unspecified atom stereocenters. The summed E-state index contributed by atoms with van der Waals surface area (Å²) in [6, 6.07) is 14.8. The zero-order chi connectivity index (χ0) is 30.9. The molecule has 0 N–H and O–H groups in total. The maximum Gasteiger partial charge on any atom is 0.416 e. The lowest BCUT2D eigenvalue weighted by atomic mass is 10.2. The standard InChI is InChI=1S/C30H37ClF3N3O4S/c1-4-41-17-9-16-37(42(39,40)27-13-7-11-25(18-27)30(32,33)34)22-29(38)36(19-23(2)3)21-26-12-8-15-35(26)20-24-10-5-6-14-28(24)31/h5-8,10-15,18,23H,4,9,16-17,19-22H2,1-3H3. The number of aromatic nitrogens is 1. The molecule has 0 aliphatic carbocycles. The van der Waals surface area contributed by atoms with Crippen LogP contribution in [0.4, 0.5) is 13.2 Å². The Hall–Kier alpha value is -2.86. The highest BCUT2D eigenvalue weighted by Crippen LogP contribution is 2.31. The number of hydrogen-bond acceptors (Lipinski definition) is 4. The minimum absolute atomic E-state index is 0.0763. The van der Waals surface area contributed by atoms with Gasteiger partial charge in [-0.25, -0.2) is 8.42 Å². The van der Waals surface area contributed by atoms with E-state index < -0.39 is 39.1 Å². The number of carbonyl (C=O) groups is 1. The van der Waals surface area contributed by atoms with E-state index in [9.17, 15) is 26.4 Å². The van der Waals surface area contributed by atoms with Gasteiger partial charge in [-0.1, -0.05) is 49.7 Å². The zero-order valence-corrected chi connectivity index (χ0v) is 25.6. The van der Waals surface area contributed by atoms with Crippen molar-refractivity contribution in [2.75, 3.05) is 32.8 Å². The lowest BCUT2D eigenvalue weighted by molar-refractivity contribution is -0.137. The van der Waals surface area contributed by atoms with Crippen molar-refractivity contribution in [3.8, 4) is 0 Å². The maximum atomic E-state index is 13.7. The van der Waals surface area contributed by atoms with Crippen LogP contribution < -0.4 is 0 Å². The minimum Gasteiger partial charge on any atom is -0.382 e. The second-order valence-electron chi connectivity index (χ2n) is 10.3. The number of amides is 1. The molecule has 42 heavy (non-hydrogen) atoms. The molecule has 0 aliphatic rings. The van der Waals surface area contributed by atoms with Gasteiger partial charge >= 0.3 is 6.18 Å². The fraction of sp³-hybridized carbons (Fsp3) is 0.433. The molecule has 0 spiro atoms. The van der Waals surface area contributed by atoms with Crippen molar-refractivity contribution in [3.63, 3.8) is 0 Å². The van der Waals surface area contributed by atoms with E-state index >= 15 is 0 Å². The first-order chi connectivity index (χ1) is 19.8. The Bertz CT molecular complexity index is 1430. The van der Waals surface area contributed by atoms with Crippen LogP contribution in [-0.2, 0) is 38.8 Å². The van der Waals surface area contributed by atoms with Crippen molar-refractivity contribution >= 4 is 27.5 Å². The topological polar surface area (TPSA) is 71.8 Å². The molecule has 1 heterocycles. The van der Waals surface area contributed by atoms with Crippen LogP contribution in [0.15, 0.2) is 71.8 Å². The molecule has 0 radical (unpaired) electrons. The lowest BCUT2D eigenvalue weighted by Crippen LogP contribution is -2.44. The monoisotopic (exact) mass is 627 g/mol. The minimum atomic E-state index is -4.71. The second kappa shape index (κ2) is 15.0. The SMILES string of the molecule is CCOCCCN(CC(=O)N(Cc1cccn1Cc1ccccc1Cl)CC(C)C)S(=O)(=O)c1cccc(C(F)(F)F)c1. The fourth-order valence-corrected chi connectivity index (χ4v) is 6.12. The Morgan fingerprint density at radius 1 is 1.07 bits per heavy atom. The largest absolute Gasteiger partial charge is 0.416 e. The number of rotatable bonds is 15. The van der Waals surface area contributed by atoms with Crippen LogP contribution in [0.2, 0.25) is 5.02 Å². The summed E-state index contributed by atoms with van der Waals surface area (Å²) in [6.45, 7) is 6.79. The number of benzene rings is 2. The maximum absolute atomic E-state index is 13.7. The fourth-order valence-electron chi connectivity index (χ4n) is 4.45. The quantitative estimate of drug-likeness (QED) is 0.185. The van der Waals surface area contributed by atoms with E-state index in [0.29, 0.717) is 30.8 Å². The summed E-state index contributed by atoms with van der Waals surface area (Å²) in [5, 5.41) is 0.620. The third-order valence-corrected chi connectivity index (χ3v) is 8.73. The number of carbonyl (C=O) groups excluding carboxylic acids is 1. The predicted octanol–water partition coefficient (Wildman–Crippen LogP) is 6.31. The third kappa shape index (κ3) is 9.32. The van der Waals surface area contributed by atoms with Gasteiger partial charge in [0, 0.05) is 49.8 Å². The van der Waals surface area contributed by atoms with E-state index in [0.717, 1.165) is 33.8 Å². The predicted molar refractivity (Wildman–Crippen MR) is 157 cm³/mol. The van der Waals surface area contributed by atoms with Gasteiger partial charge in [0.2, 0.25) is 15.9 Å². The van der Waals surface area contributed by atoms with Gasteiger partial charge in [-0.2, -0.15) is 17.5 Å². The molecular formula is C30H37ClF3N3O4S. The van der Waals surface area contributed by atoms with E-state index in [1.165, 1.54) is 0 Å². The Labute approximate surface area is 250 Å². The van der Waals surface area contributed by atoms with Gasteiger partial charge in [-0.15, -0.1) is 0 Å². The van der Waals surface area contributed by atoms with Gasteiger partial charge < -0.3 is 14.2 Å². The molecule has 0 fully saturated rings. The van der Waals surface area contributed by atoms with E-state index in [2.05, 4.69) is 0 Å². The van der Waals surface area contributed by atoms with E-state index in [-0.39, 0.29) is 32.0 Å². The summed E-state index contributed by atoms with van der Waals surface area (Å²) < 4.78 is 75.5. The molecule has 0 atom stereocenters. The molecule has 12 heteroatoms. The molecule has 1 amide bonds. The Morgan fingerprint density at radius 3 is 2.48 bits per heavy atom. The molecule has 0 aliphatic heterocycles. The van der Waals surface area contributed by atoms with Crippen molar-refractivity contribution in [3.05, 3.63) is 88.7 Å². The molecule has 0 bridgehead atoms. The van der Waals surface area contributed by atoms with Crippen LogP contribution in [-0.4, -0.2) is 60.9 Å². The summed E-state index contributed by atoms with van der Waals surface area (Å²) in [6.07, 6.45) is -2.56. The van der Waals surface area contributed by atoms with Crippen molar-refractivity contribution in [2.45, 2.75) is 51.4 Å². The van der Waals surface area contributed by atoms with Crippen molar-refractivity contribution in [2.24, 2.45) is 5.92 Å². The Kier molecular flexibility index (Phi) is 12.0. The number of hydrogen-bond donors (Lipinski definition) is 0. The molecule has 3 rings (SSSR count). The van der Waals surface area contributed by atoms with E-state index in [4.69, 9.17) is 16.3 Å². The molecular weight excluding hydrogens is 591 g/mol.